The summed E-state index contributed by atoms with van der Waals surface area (Å²) in [5.74, 6) is 1.17. The number of para-hydroxylation sites is 1. The number of aliphatic hydroxyl groups is 2. The van der Waals surface area contributed by atoms with Crippen LogP contribution in [-0.4, -0.2) is 51.9 Å². The van der Waals surface area contributed by atoms with Gasteiger partial charge >= 0.3 is 0 Å². The van der Waals surface area contributed by atoms with Crippen LogP contribution in [0.2, 0.25) is 0 Å². The molecule has 184 valence electrons. The molecule has 0 radical (unpaired) electrons. The fraction of sp³-hybridized carbons (Fsp3) is 0.679. The standard InChI is InChI=1S/C28H43NO4/c1-6-7-8-13-20(30)16-17-21-23(31)18-24-26(21)22-14-9-11-19(27(22)33-24)12-10-15-25(32)29(5)28(2,3)4/h9,11,14,16-17,20-21,23-24,26,30-31H,6-8,10,12-13,15,18H2,1-5H3/t20-,21-,23+,24-,26-/m0/s1. The summed E-state index contributed by atoms with van der Waals surface area (Å²) in [5.41, 5.74) is 2.13. The van der Waals surface area contributed by atoms with Crippen LogP contribution in [0.5, 0.6) is 5.75 Å². The van der Waals surface area contributed by atoms with Crippen LogP contribution < -0.4 is 4.74 Å². The Balaban J connectivity index is 1.65. The quantitative estimate of drug-likeness (QED) is 0.384. The van der Waals surface area contributed by atoms with Crippen LogP contribution in [0.4, 0.5) is 0 Å². The topological polar surface area (TPSA) is 70.0 Å². The van der Waals surface area contributed by atoms with Crippen LogP contribution in [0.25, 0.3) is 0 Å². The summed E-state index contributed by atoms with van der Waals surface area (Å²) in [6.07, 6.45) is 9.69. The minimum Gasteiger partial charge on any atom is -0.489 e. The molecule has 1 aliphatic heterocycles. The lowest BCUT2D eigenvalue weighted by atomic mass is 9.86. The predicted octanol–water partition coefficient (Wildman–Crippen LogP) is 4.99. The van der Waals surface area contributed by atoms with E-state index >= 15 is 0 Å². The Bertz CT molecular complexity index is 828. The van der Waals surface area contributed by atoms with Crippen molar-refractivity contribution in [2.45, 2.75) is 109 Å². The second-order valence-corrected chi connectivity index (χ2v) is 10.8. The molecule has 1 aliphatic carbocycles. The number of ether oxygens (including phenoxy) is 1. The largest absolute Gasteiger partial charge is 0.489 e. The second kappa shape index (κ2) is 11.1. The smallest absolute Gasteiger partial charge is 0.222 e. The van der Waals surface area contributed by atoms with E-state index in [1.54, 1.807) is 0 Å². The van der Waals surface area contributed by atoms with Crippen LogP contribution in [-0.2, 0) is 11.2 Å². The minimum atomic E-state index is -0.459. The first-order valence-electron chi connectivity index (χ1n) is 12.7. The van der Waals surface area contributed by atoms with Gasteiger partial charge in [0.25, 0.3) is 0 Å². The number of benzene rings is 1. The molecule has 2 aliphatic rings. The average molecular weight is 458 g/mol. The van der Waals surface area contributed by atoms with Crippen LogP contribution in [0.3, 0.4) is 0 Å². The molecule has 1 aromatic rings. The fourth-order valence-electron chi connectivity index (χ4n) is 5.09. The third-order valence-corrected chi connectivity index (χ3v) is 7.36. The zero-order chi connectivity index (χ0) is 24.2. The summed E-state index contributed by atoms with van der Waals surface area (Å²) in [7, 11) is 1.87. The molecule has 0 bridgehead atoms. The van der Waals surface area contributed by atoms with Gasteiger partial charge in [-0.25, -0.2) is 0 Å². The fourth-order valence-corrected chi connectivity index (χ4v) is 5.09. The Hall–Kier alpha value is -1.85. The van der Waals surface area contributed by atoms with Crippen molar-refractivity contribution < 1.29 is 19.7 Å². The van der Waals surface area contributed by atoms with Crippen LogP contribution in [0, 0.1) is 5.92 Å². The Morgan fingerprint density at radius 1 is 1.27 bits per heavy atom. The maximum absolute atomic E-state index is 12.5. The summed E-state index contributed by atoms with van der Waals surface area (Å²) in [4.78, 5) is 14.3. The van der Waals surface area contributed by atoms with Crippen LogP contribution in [0.1, 0.15) is 89.7 Å². The van der Waals surface area contributed by atoms with E-state index in [1.807, 2.05) is 44.9 Å². The number of nitrogens with zero attached hydrogens (tertiary/aromatic N) is 1. The Kier molecular flexibility index (Phi) is 8.63. The highest BCUT2D eigenvalue weighted by molar-refractivity contribution is 5.76. The highest BCUT2D eigenvalue weighted by atomic mass is 16.5. The third kappa shape index (κ3) is 6.19. The highest BCUT2D eigenvalue weighted by Gasteiger charge is 2.48. The predicted molar refractivity (Wildman–Crippen MR) is 132 cm³/mol. The van der Waals surface area contributed by atoms with E-state index in [-0.39, 0.29) is 29.4 Å². The molecule has 5 heteroatoms. The van der Waals surface area contributed by atoms with Gasteiger partial charge in [-0.1, -0.05) is 56.5 Å². The van der Waals surface area contributed by atoms with E-state index in [1.165, 1.54) is 0 Å². The molecular formula is C28H43NO4. The molecule has 5 nitrogen and oxygen atoms in total. The van der Waals surface area contributed by atoms with E-state index in [2.05, 4.69) is 25.1 Å². The average Bonchev–Trinajstić information content (AvgIpc) is 3.26. The second-order valence-electron chi connectivity index (χ2n) is 10.8. The van der Waals surface area contributed by atoms with Crippen molar-refractivity contribution in [3.63, 3.8) is 0 Å². The Morgan fingerprint density at radius 3 is 2.73 bits per heavy atom. The first kappa shape index (κ1) is 25.8. The molecule has 2 N–H and O–H groups in total. The summed E-state index contributed by atoms with van der Waals surface area (Å²) < 4.78 is 6.36. The number of amides is 1. The highest BCUT2D eigenvalue weighted by Crippen LogP contribution is 2.52. The molecule has 1 fully saturated rings. The van der Waals surface area contributed by atoms with Gasteiger partial charge in [0, 0.05) is 42.8 Å². The Morgan fingerprint density at radius 2 is 2.03 bits per heavy atom. The van der Waals surface area contributed by atoms with Gasteiger partial charge in [0.15, 0.2) is 0 Å². The number of hydrogen-bond acceptors (Lipinski definition) is 4. The number of rotatable bonds is 10. The van der Waals surface area contributed by atoms with Crippen LogP contribution >= 0.6 is 0 Å². The lowest BCUT2D eigenvalue weighted by molar-refractivity contribution is -0.134. The molecule has 1 saturated carbocycles. The zero-order valence-corrected chi connectivity index (χ0v) is 21.1. The van der Waals surface area contributed by atoms with Crippen molar-refractivity contribution in [1.29, 1.82) is 0 Å². The van der Waals surface area contributed by atoms with Crippen molar-refractivity contribution >= 4 is 5.91 Å². The van der Waals surface area contributed by atoms with E-state index in [0.29, 0.717) is 12.8 Å². The number of fused-ring (bicyclic) bond motifs is 3. The monoisotopic (exact) mass is 457 g/mol. The van der Waals surface area contributed by atoms with Crippen LogP contribution in [0.15, 0.2) is 30.4 Å². The number of aliphatic hydroxyl groups excluding tert-OH is 2. The molecule has 0 aromatic heterocycles. The molecule has 0 saturated heterocycles. The van der Waals surface area contributed by atoms with E-state index < -0.39 is 12.2 Å². The van der Waals surface area contributed by atoms with E-state index in [9.17, 15) is 15.0 Å². The molecule has 0 unspecified atom stereocenters. The number of carbonyl (C=O) groups excluding carboxylic acids is 1. The first-order valence-corrected chi connectivity index (χ1v) is 12.7. The maximum atomic E-state index is 12.5. The van der Waals surface area contributed by atoms with Gasteiger partial charge in [0.05, 0.1) is 12.2 Å². The van der Waals surface area contributed by atoms with Gasteiger partial charge in [-0.3, -0.25) is 4.79 Å². The van der Waals surface area contributed by atoms with E-state index in [4.69, 9.17) is 4.74 Å². The van der Waals surface area contributed by atoms with Crippen molar-refractivity contribution in [3.05, 3.63) is 41.5 Å². The van der Waals surface area contributed by atoms with Gasteiger partial charge in [0.1, 0.15) is 11.9 Å². The molecule has 33 heavy (non-hydrogen) atoms. The van der Waals surface area contributed by atoms with Gasteiger partial charge in [-0.15, -0.1) is 0 Å². The molecule has 3 rings (SSSR count). The molecule has 0 spiro atoms. The minimum absolute atomic E-state index is 0.0308. The van der Waals surface area contributed by atoms with Crippen molar-refractivity contribution in [3.8, 4) is 5.75 Å². The van der Waals surface area contributed by atoms with Crippen molar-refractivity contribution in [1.82, 2.24) is 4.90 Å². The van der Waals surface area contributed by atoms with Gasteiger partial charge in [0.2, 0.25) is 5.91 Å². The molecular weight excluding hydrogens is 414 g/mol. The molecule has 5 atom stereocenters. The van der Waals surface area contributed by atoms with E-state index in [0.717, 1.165) is 55.4 Å². The zero-order valence-electron chi connectivity index (χ0n) is 21.1. The number of aryl methyl sites for hydroxylation is 1. The number of carbonyl (C=O) groups is 1. The third-order valence-electron chi connectivity index (χ3n) is 7.36. The van der Waals surface area contributed by atoms with Gasteiger partial charge in [-0.2, -0.15) is 0 Å². The molecule has 1 amide bonds. The van der Waals surface area contributed by atoms with Crippen molar-refractivity contribution in [2.24, 2.45) is 5.92 Å². The first-order chi connectivity index (χ1) is 15.6. The number of unbranched alkanes of at least 4 members (excludes halogenated alkanes) is 2. The van der Waals surface area contributed by atoms with Gasteiger partial charge < -0.3 is 19.8 Å². The van der Waals surface area contributed by atoms with Crippen molar-refractivity contribution in [2.75, 3.05) is 7.05 Å². The molecule has 1 heterocycles. The normalized spacial score (nSPS) is 25.1. The lowest BCUT2D eigenvalue weighted by Crippen LogP contribution is -2.42. The SMILES string of the molecule is CCCCC[C@H](O)C=C[C@@H]1[C@H]2c3cccc(CCCC(=O)N(C)C(C)(C)C)c3O[C@H]2C[C@H]1O. The maximum Gasteiger partial charge on any atom is 0.222 e. The molecule has 1 aromatic carbocycles. The summed E-state index contributed by atoms with van der Waals surface area (Å²) in [6, 6.07) is 6.27. The summed E-state index contributed by atoms with van der Waals surface area (Å²) >= 11 is 0. The lowest BCUT2D eigenvalue weighted by Gasteiger charge is -2.32. The Labute approximate surface area is 199 Å². The van der Waals surface area contributed by atoms with Gasteiger partial charge in [-0.05, 0) is 45.6 Å². The number of hydrogen-bond donors (Lipinski definition) is 2. The summed E-state index contributed by atoms with van der Waals surface area (Å²) in [6.45, 7) is 8.30. The summed E-state index contributed by atoms with van der Waals surface area (Å²) in [5, 5.41) is 21.0.